The highest BCUT2D eigenvalue weighted by atomic mass is 32.2. The number of hydrogen-bond acceptors (Lipinski definition) is 5. The molecule has 2 aromatic carbocycles. The first-order valence-electron chi connectivity index (χ1n) is 9.36. The summed E-state index contributed by atoms with van der Waals surface area (Å²) in [6.45, 7) is 5.59. The van der Waals surface area contributed by atoms with Crippen LogP contribution in [0.15, 0.2) is 48.5 Å². The second-order valence-corrected chi connectivity index (χ2v) is 8.73. The maximum absolute atomic E-state index is 13.0. The Labute approximate surface area is 172 Å². The van der Waals surface area contributed by atoms with Gasteiger partial charge in [-0.2, -0.15) is 0 Å². The zero-order valence-corrected chi connectivity index (χ0v) is 18.2. The van der Waals surface area contributed by atoms with Crippen molar-refractivity contribution in [3.63, 3.8) is 0 Å². The molecular weight excluding hydrogens is 392 g/mol. The summed E-state index contributed by atoms with van der Waals surface area (Å²) < 4.78 is 37.1. The Hall–Kier alpha value is -2.74. The molecule has 1 amide bonds. The molecule has 0 bridgehead atoms. The zero-order valence-electron chi connectivity index (χ0n) is 17.4. The molecule has 0 aromatic heterocycles. The number of hydrogen-bond donors (Lipinski definition) is 1. The summed E-state index contributed by atoms with van der Waals surface area (Å²) >= 11 is 0. The molecule has 0 saturated carbocycles. The zero-order chi connectivity index (χ0) is 21.6. The molecule has 0 spiro atoms. The summed E-state index contributed by atoms with van der Waals surface area (Å²) in [5.74, 6) is 0.700. The van der Waals surface area contributed by atoms with Crippen LogP contribution in [0.3, 0.4) is 0 Å². The molecule has 29 heavy (non-hydrogen) atoms. The fourth-order valence-electron chi connectivity index (χ4n) is 2.95. The van der Waals surface area contributed by atoms with E-state index in [1.54, 1.807) is 55.5 Å². The first kappa shape index (κ1) is 22.5. The van der Waals surface area contributed by atoms with Gasteiger partial charge in [0.1, 0.15) is 17.5 Å². The quantitative estimate of drug-likeness (QED) is 0.669. The third kappa shape index (κ3) is 6.12. The van der Waals surface area contributed by atoms with Gasteiger partial charge in [-0.25, -0.2) is 8.42 Å². The number of carbonyl (C=O) groups excluding carboxylic acids is 1. The van der Waals surface area contributed by atoms with Crippen molar-refractivity contribution in [2.45, 2.75) is 39.3 Å². The van der Waals surface area contributed by atoms with Crippen molar-refractivity contribution in [3.05, 3.63) is 48.5 Å². The molecule has 0 heterocycles. The summed E-state index contributed by atoms with van der Waals surface area (Å²) in [6.07, 6.45) is 1.37. The second-order valence-electron chi connectivity index (χ2n) is 6.87. The van der Waals surface area contributed by atoms with Gasteiger partial charge in [0.2, 0.25) is 15.9 Å². The van der Waals surface area contributed by atoms with E-state index < -0.39 is 22.0 Å². The number of ether oxygens (including phenoxy) is 2. The molecule has 7 nitrogen and oxygen atoms in total. The Morgan fingerprint density at radius 1 is 1.10 bits per heavy atom. The van der Waals surface area contributed by atoms with Gasteiger partial charge < -0.3 is 14.8 Å². The van der Waals surface area contributed by atoms with Gasteiger partial charge in [-0.3, -0.25) is 9.10 Å². The van der Waals surface area contributed by atoms with Crippen molar-refractivity contribution in [1.82, 2.24) is 0 Å². The van der Waals surface area contributed by atoms with Crippen molar-refractivity contribution in [3.8, 4) is 11.5 Å². The SMILES string of the molecule is CCC(C(=O)Nc1cccc(OC(C)C)c1)N(c1cccc(OC)c1)S(C)(=O)=O. The normalized spacial score (nSPS) is 12.3. The summed E-state index contributed by atoms with van der Waals surface area (Å²) in [6, 6.07) is 12.7. The van der Waals surface area contributed by atoms with Crippen molar-refractivity contribution >= 4 is 27.3 Å². The van der Waals surface area contributed by atoms with Crippen molar-refractivity contribution in [2.75, 3.05) is 23.0 Å². The fraction of sp³-hybridized carbons (Fsp3) is 0.381. The van der Waals surface area contributed by atoms with E-state index in [1.807, 2.05) is 13.8 Å². The van der Waals surface area contributed by atoms with Gasteiger partial charge >= 0.3 is 0 Å². The average molecular weight is 421 g/mol. The Morgan fingerprint density at radius 3 is 2.34 bits per heavy atom. The minimum absolute atomic E-state index is 0.00173. The van der Waals surface area contributed by atoms with Crippen LogP contribution >= 0.6 is 0 Å². The average Bonchev–Trinajstić information content (AvgIpc) is 2.64. The molecule has 0 fully saturated rings. The highest BCUT2D eigenvalue weighted by Gasteiger charge is 2.31. The Kier molecular flexibility index (Phi) is 7.50. The van der Waals surface area contributed by atoms with Gasteiger partial charge in [-0.05, 0) is 44.5 Å². The van der Waals surface area contributed by atoms with Crippen LogP contribution in [0.25, 0.3) is 0 Å². The maximum atomic E-state index is 13.0. The lowest BCUT2D eigenvalue weighted by molar-refractivity contribution is -0.117. The molecule has 8 heteroatoms. The van der Waals surface area contributed by atoms with Gasteiger partial charge in [0, 0.05) is 17.8 Å². The van der Waals surface area contributed by atoms with E-state index in [-0.39, 0.29) is 12.5 Å². The molecule has 1 unspecified atom stereocenters. The van der Waals surface area contributed by atoms with Crippen LogP contribution in [0.1, 0.15) is 27.2 Å². The smallest absolute Gasteiger partial charge is 0.248 e. The first-order chi connectivity index (χ1) is 13.7. The monoisotopic (exact) mass is 420 g/mol. The summed E-state index contributed by atoms with van der Waals surface area (Å²) in [7, 11) is -2.22. The predicted octanol–water partition coefficient (Wildman–Crippen LogP) is 3.67. The summed E-state index contributed by atoms with van der Waals surface area (Å²) in [5, 5.41) is 2.80. The molecule has 0 aliphatic rings. The molecule has 2 aromatic rings. The number of sulfonamides is 1. The molecule has 158 valence electrons. The van der Waals surface area contributed by atoms with Gasteiger partial charge in [0.05, 0.1) is 25.2 Å². The standard InChI is InChI=1S/C21H28N2O5S/c1-6-20(21(24)22-16-9-7-12-19(13-16)28-15(2)3)23(29(5,25)26)17-10-8-11-18(14-17)27-4/h7-15,20H,6H2,1-5H3,(H,22,24). The Balaban J connectivity index is 2.34. The van der Waals surface area contributed by atoms with Crippen molar-refractivity contribution < 1.29 is 22.7 Å². The van der Waals surface area contributed by atoms with Gasteiger partial charge in [-0.15, -0.1) is 0 Å². The molecule has 1 N–H and O–H groups in total. The van der Waals surface area contributed by atoms with Crippen LogP contribution in [0, 0.1) is 0 Å². The number of amides is 1. The number of rotatable bonds is 9. The first-order valence-corrected chi connectivity index (χ1v) is 11.2. The molecule has 2 rings (SSSR count). The number of nitrogens with zero attached hydrogens (tertiary/aromatic N) is 1. The second kappa shape index (κ2) is 9.65. The number of carbonyl (C=O) groups is 1. The third-order valence-corrected chi connectivity index (χ3v) is 5.29. The van der Waals surface area contributed by atoms with Crippen LogP contribution in [-0.4, -0.2) is 39.8 Å². The van der Waals surface area contributed by atoms with Crippen LogP contribution < -0.4 is 19.1 Å². The predicted molar refractivity (Wildman–Crippen MR) is 115 cm³/mol. The summed E-state index contributed by atoms with van der Waals surface area (Å²) in [5.41, 5.74) is 0.899. The lowest BCUT2D eigenvalue weighted by Gasteiger charge is -2.30. The van der Waals surface area contributed by atoms with Gasteiger partial charge in [0.25, 0.3) is 0 Å². The van der Waals surface area contributed by atoms with E-state index in [9.17, 15) is 13.2 Å². The molecular formula is C21H28N2O5S. The number of nitrogens with one attached hydrogen (secondary N) is 1. The minimum atomic E-state index is -3.72. The fourth-order valence-corrected chi connectivity index (χ4v) is 4.16. The summed E-state index contributed by atoms with van der Waals surface area (Å²) in [4.78, 5) is 13.0. The van der Waals surface area contributed by atoms with Crippen LogP contribution in [0.4, 0.5) is 11.4 Å². The van der Waals surface area contributed by atoms with E-state index in [2.05, 4.69) is 5.32 Å². The number of benzene rings is 2. The van der Waals surface area contributed by atoms with E-state index in [4.69, 9.17) is 9.47 Å². The lowest BCUT2D eigenvalue weighted by atomic mass is 10.1. The highest BCUT2D eigenvalue weighted by Crippen LogP contribution is 2.27. The van der Waals surface area contributed by atoms with E-state index in [1.165, 1.54) is 7.11 Å². The Bertz CT molecular complexity index is 944. The van der Waals surface area contributed by atoms with Crippen molar-refractivity contribution in [2.24, 2.45) is 0 Å². The Morgan fingerprint density at radius 2 is 1.76 bits per heavy atom. The van der Waals surface area contributed by atoms with Crippen LogP contribution in [-0.2, 0) is 14.8 Å². The van der Waals surface area contributed by atoms with Gasteiger partial charge in [0.15, 0.2) is 0 Å². The molecule has 0 aliphatic heterocycles. The largest absolute Gasteiger partial charge is 0.497 e. The molecule has 0 saturated heterocycles. The number of methoxy groups -OCH3 is 1. The highest BCUT2D eigenvalue weighted by molar-refractivity contribution is 7.92. The van der Waals surface area contributed by atoms with E-state index in [0.29, 0.717) is 22.9 Å². The van der Waals surface area contributed by atoms with E-state index >= 15 is 0 Å². The molecule has 0 radical (unpaired) electrons. The van der Waals surface area contributed by atoms with E-state index in [0.717, 1.165) is 10.6 Å². The minimum Gasteiger partial charge on any atom is -0.497 e. The van der Waals surface area contributed by atoms with Crippen molar-refractivity contribution in [1.29, 1.82) is 0 Å². The molecule has 1 atom stereocenters. The van der Waals surface area contributed by atoms with Crippen LogP contribution in [0.2, 0.25) is 0 Å². The van der Waals surface area contributed by atoms with Gasteiger partial charge in [-0.1, -0.05) is 19.1 Å². The topological polar surface area (TPSA) is 84.9 Å². The van der Waals surface area contributed by atoms with Crippen LogP contribution in [0.5, 0.6) is 11.5 Å². The molecule has 0 aliphatic carbocycles. The number of anilines is 2. The third-order valence-electron chi connectivity index (χ3n) is 4.11. The maximum Gasteiger partial charge on any atom is 0.248 e. The lowest BCUT2D eigenvalue weighted by Crippen LogP contribution is -2.47.